The zero-order valence-electron chi connectivity index (χ0n) is 16.3. The highest BCUT2D eigenvalue weighted by molar-refractivity contribution is 7.99. The molecular formula is C19H26N4O4S. The van der Waals surface area contributed by atoms with Gasteiger partial charge in [0.1, 0.15) is 5.75 Å². The number of thioether (sulfide) groups is 1. The van der Waals surface area contributed by atoms with Gasteiger partial charge in [0.15, 0.2) is 6.61 Å². The molecule has 0 fully saturated rings. The number of carbonyl (C=O) groups is 2. The van der Waals surface area contributed by atoms with Crippen LogP contribution in [0, 0.1) is 5.92 Å². The van der Waals surface area contributed by atoms with Gasteiger partial charge >= 0.3 is 0 Å². The van der Waals surface area contributed by atoms with E-state index in [0.717, 1.165) is 12.3 Å². The summed E-state index contributed by atoms with van der Waals surface area (Å²) in [6.45, 7) is 4.55. The molecule has 0 saturated carbocycles. The van der Waals surface area contributed by atoms with Crippen LogP contribution in [0.4, 0.5) is 0 Å². The van der Waals surface area contributed by atoms with Crippen LogP contribution in [-0.4, -0.2) is 53.9 Å². The summed E-state index contributed by atoms with van der Waals surface area (Å²) < 4.78 is 10.9. The molecule has 0 bridgehead atoms. The minimum atomic E-state index is -0.748. The molecule has 152 valence electrons. The van der Waals surface area contributed by atoms with E-state index in [1.807, 2.05) is 39.1 Å². The first-order chi connectivity index (χ1) is 13.5. The van der Waals surface area contributed by atoms with Gasteiger partial charge in [-0.25, -0.2) is 0 Å². The van der Waals surface area contributed by atoms with Gasteiger partial charge in [0.25, 0.3) is 17.0 Å². The predicted octanol–water partition coefficient (Wildman–Crippen LogP) is 2.17. The number of carbonyl (C=O) groups excluding carboxylic acids is 2. The molecule has 9 heteroatoms. The largest absolute Gasteiger partial charge is 0.484 e. The van der Waals surface area contributed by atoms with Gasteiger partial charge in [0.05, 0.1) is 6.04 Å². The number of rotatable bonds is 12. The Morgan fingerprint density at radius 2 is 1.96 bits per heavy atom. The van der Waals surface area contributed by atoms with Gasteiger partial charge < -0.3 is 19.8 Å². The molecule has 0 aliphatic carbocycles. The van der Waals surface area contributed by atoms with Crippen molar-refractivity contribution in [1.82, 2.24) is 20.8 Å². The molecule has 2 rings (SSSR count). The van der Waals surface area contributed by atoms with Crippen LogP contribution in [0.1, 0.15) is 31.0 Å². The molecule has 1 amide bonds. The normalized spacial score (nSPS) is 12.0. The van der Waals surface area contributed by atoms with Gasteiger partial charge in [-0.3, -0.25) is 9.59 Å². The summed E-state index contributed by atoms with van der Waals surface area (Å²) in [5.74, 6) is 0.652. The van der Waals surface area contributed by atoms with E-state index in [1.165, 1.54) is 11.8 Å². The SMILES string of the molecule is CNCCSc1nnc(C(=O)[C@H](CC(C)C)NC(=O)COc2ccccc2)o1. The van der Waals surface area contributed by atoms with Crippen LogP contribution in [-0.2, 0) is 4.79 Å². The molecule has 0 aliphatic rings. The summed E-state index contributed by atoms with van der Waals surface area (Å²) in [6.07, 6.45) is 0.459. The summed E-state index contributed by atoms with van der Waals surface area (Å²) >= 11 is 1.37. The van der Waals surface area contributed by atoms with Crippen molar-refractivity contribution in [1.29, 1.82) is 0 Å². The van der Waals surface area contributed by atoms with Crippen molar-refractivity contribution in [2.75, 3.05) is 26.0 Å². The third kappa shape index (κ3) is 7.32. The second kappa shape index (κ2) is 11.5. The fourth-order valence-corrected chi connectivity index (χ4v) is 3.08. The number of amides is 1. The Kier molecular flexibility index (Phi) is 8.96. The van der Waals surface area contributed by atoms with E-state index in [4.69, 9.17) is 9.15 Å². The Morgan fingerprint density at radius 1 is 1.21 bits per heavy atom. The summed E-state index contributed by atoms with van der Waals surface area (Å²) in [5.41, 5.74) is 0. The second-order valence-electron chi connectivity index (χ2n) is 6.54. The van der Waals surface area contributed by atoms with Crippen molar-refractivity contribution in [2.45, 2.75) is 31.5 Å². The Morgan fingerprint density at radius 3 is 2.64 bits per heavy atom. The summed E-state index contributed by atoms with van der Waals surface area (Å²) in [6, 6.07) is 8.27. The van der Waals surface area contributed by atoms with E-state index in [1.54, 1.807) is 12.1 Å². The number of hydrogen-bond donors (Lipinski definition) is 2. The number of para-hydroxylation sites is 1. The van der Waals surface area contributed by atoms with E-state index in [-0.39, 0.29) is 24.3 Å². The average Bonchev–Trinajstić information content (AvgIpc) is 3.15. The van der Waals surface area contributed by atoms with Gasteiger partial charge in [0, 0.05) is 12.3 Å². The number of ketones is 1. The lowest BCUT2D eigenvalue weighted by Gasteiger charge is -2.18. The molecule has 1 aromatic heterocycles. The lowest BCUT2D eigenvalue weighted by atomic mass is 10.00. The molecule has 2 N–H and O–H groups in total. The monoisotopic (exact) mass is 406 g/mol. The smallest absolute Gasteiger partial charge is 0.286 e. The quantitative estimate of drug-likeness (QED) is 0.314. The van der Waals surface area contributed by atoms with E-state index >= 15 is 0 Å². The maximum Gasteiger partial charge on any atom is 0.286 e. The third-order valence-corrected chi connectivity index (χ3v) is 4.49. The molecule has 28 heavy (non-hydrogen) atoms. The molecule has 1 atom stereocenters. The van der Waals surface area contributed by atoms with Gasteiger partial charge in [0.2, 0.25) is 5.78 Å². The van der Waals surface area contributed by atoms with Crippen LogP contribution in [0.5, 0.6) is 5.75 Å². The maximum atomic E-state index is 12.8. The van der Waals surface area contributed by atoms with Gasteiger partial charge in [-0.15, -0.1) is 10.2 Å². The van der Waals surface area contributed by atoms with Crippen molar-refractivity contribution in [3.05, 3.63) is 36.2 Å². The Balaban J connectivity index is 1.95. The first-order valence-electron chi connectivity index (χ1n) is 9.12. The van der Waals surface area contributed by atoms with Gasteiger partial charge in [-0.1, -0.05) is 43.8 Å². The standard InChI is InChI=1S/C19H26N4O4S/c1-13(2)11-15(21-16(24)12-26-14-7-5-4-6-8-14)17(25)18-22-23-19(27-18)28-10-9-20-3/h4-8,13,15,20H,9-12H2,1-3H3,(H,21,24)/t15-/m0/s1. The van der Waals surface area contributed by atoms with Crippen molar-refractivity contribution in [2.24, 2.45) is 5.92 Å². The maximum absolute atomic E-state index is 12.8. The first kappa shape index (κ1) is 21.9. The van der Waals surface area contributed by atoms with Crippen LogP contribution < -0.4 is 15.4 Å². The molecule has 0 aliphatic heterocycles. The second-order valence-corrected chi connectivity index (χ2v) is 7.59. The van der Waals surface area contributed by atoms with Crippen LogP contribution in [0.25, 0.3) is 0 Å². The molecule has 0 radical (unpaired) electrons. The van der Waals surface area contributed by atoms with E-state index in [0.29, 0.717) is 17.4 Å². The molecule has 1 heterocycles. The molecule has 0 unspecified atom stereocenters. The van der Waals surface area contributed by atoms with Crippen molar-refractivity contribution in [3.8, 4) is 5.75 Å². The average molecular weight is 407 g/mol. The number of benzene rings is 1. The molecule has 0 spiro atoms. The number of hydrogen-bond acceptors (Lipinski definition) is 8. The molecule has 0 saturated heterocycles. The summed E-state index contributed by atoms with van der Waals surface area (Å²) in [7, 11) is 1.85. The highest BCUT2D eigenvalue weighted by Gasteiger charge is 2.27. The third-order valence-electron chi connectivity index (χ3n) is 3.67. The Labute approximate surface area is 168 Å². The zero-order valence-corrected chi connectivity index (χ0v) is 17.1. The Bertz CT molecular complexity index is 751. The molecule has 8 nitrogen and oxygen atoms in total. The van der Waals surface area contributed by atoms with Gasteiger partial charge in [-0.2, -0.15) is 0 Å². The van der Waals surface area contributed by atoms with Crippen LogP contribution in [0.15, 0.2) is 40.0 Å². The minimum absolute atomic E-state index is 0.0955. The molecular weight excluding hydrogens is 380 g/mol. The highest BCUT2D eigenvalue weighted by Crippen LogP contribution is 2.17. The van der Waals surface area contributed by atoms with Crippen LogP contribution >= 0.6 is 11.8 Å². The van der Waals surface area contributed by atoms with Crippen molar-refractivity contribution < 1.29 is 18.7 Å². The molecule has 2 aromatic rings. The predicted molar refractivity (Wildman–Crippen MR) is 107 cm³/mol. The van der Waals surface area contributed by atoms with Crippen molar-refractivity contribution in [3.63, 3.8) is 0 Å². The summed E-state index contributed by atoms with van der Waals surface area (Å²) in [4.78, 5) is 25.0. The van der Waals surface area contributed by atoms with Crippen LogP contribution in [0.2, 0.25) is 0 Å². The fraction of sp³-hybridized carbons (Fsp3) is 0.474. The number of Topliss-reactive ketones (excluding diaryl/α,β-unsaturated/α-hetero) is 1. The number of nitrogens with zero attached hydrogens (tertiary/aromatic N) is 2. The van der Waals surface area contributed by atoms with Gasteiger partial charge in [-0.05, 0) is 31.5 Å². The lowest BCUT2D eigenvalue weighted by Crippen LogP contribution is -2.44. The number of nitrogens with one attached hydrogen (secondary N) is 2. The highest BCUT2D eigenvalue weighted by atomic mass is 32.2. The van der Waals surface area contributed by atoms with Crippen LogP contribution in [0.3, 0.4) is 0 Å². The number of aromatic nitrogens is 2. The van der Waals surface area contributed by atoms with Crippen molar-refractivity contribution >= 4 is 23.5 Å². The minimum Gasteiger partial charge on any atom is -0.484 e. The lowest BCUT2D eigenvalue weighted by molar-refractivity contribution is -0.123. The topological polar surface area (TPSA) is 106 Å². The van der Waals surface area contributed by atoms with E-state index in [2.05, 4.69) is 20.8 Å². The summed E-state index contributed by atoms with van der Waals surface area (Å²) in [5, 5.41) is 13.8. The molecule has 1 aromatic carbocycles. The first-order valence-corrected chi connectivity index (χ1v) is 10.1. The number of ether oxygens (including phenoxy) is 1. The zero-order chi connectivity index (χ0) is 20.4. The van der Waals surface area contributed by atoms with E-state index < -0.39 is 11.8 Å². The fourth-order valence-electron chi connectivity index (χ4n) is 2.36. The van der Waals surface area contributed by atoms with E-state index in [9.17, 15) is 9.59 Å². The Hall–Kier alpha value is -2.39.